The maximum Gasteiger partial charge on any atom is 0.248 e. The lowest BCUT2D eigenvalue weighted by atomic mass is 9.91. The molecule has 0 aliphatic heterocycles. The highest BCUT2D eigenvalue weighted by Crippen LogP contribution is 2.26. The van der Waals surface area contributed by atoms with E-state index in [1.54, 1.807) is 12.1 Å². The lowest BCUT2D eigenvalue weighted by Crippen LogP contribution is -2.21. The highest BCUT2D eigenvalue weighted by Gasteiger charge is 2.11. The third-order valence-corrected chi connectivity index (χ3v) is 2.99. The van der Waals surface area contributed by atoms with Crippen LogP contribution in [0.4, 0.5) is 0 Å². The van der Waals surface area contributed by atoms with Crippen molar-refractivity contribution < 1.29 is 4.79 Å². The standard InChI is InChI=1S/C13H16N2O/c14-12-7-5-10(6-8-12)9-1-3-11(4-2-9)13(15)16/h1-5,12H,6-8,14H2,(H2,15,16). The van der Waals surface area contributed by atoms with E-state index in [-0.39, 0.29) is 5.91 Å². The Morgan fingerprint density at radius 2 is 1.94 bits per heavy atom. The van der Waals surface area contributed by atoms with E-state index >= 15 is 0 Å². The number of rotatable bonds is 2. The van der Waals surface area contributed by atoms with Gasteiger partial charge < -0.3 is 11.5 Å². The first-order chi connectivity index (χ1) is 7.66. The van der Waals surface area contributed by atoms with Crippen LogP contribution in [0.25, 0.3) is 5.57 Å². The summed E-state index contributed by atoms with van der Waals surface area (Å²) < 4.78 is 0. The number of carbonyl (C=O) groups is 1. The molecule has 3 heteroatoms. The Labute approximate surface area is 95.1 Å². The van der Waals surface area contributed by atoms with Gasteiger partial charge in [0.2, 0.25) is 5.91 Å². The minimum atomic E-state index is -0.383. The number of carbonyl (C=O) groups excluding carboxylic acids is 1. The van der Waals surface area contributed by atoms with Gasteiger partial charge in [-0.15, -0.1) is 0 Å². The second-order valence-electron chi connectivity index (χ2n) is 4.21. The number of allylic oxidation sites excluding steroid dienone is 1. The number of hydrogen-bond donors (Lipinski definition) is 2. The lowest BCUT2D eigenvalue weighted by Gasteiger charge is -2.18. The van der Waals surface area contributed by atoms with Crippen molar-refractivity contribution in [2.75, 3.05) is 0 Å². The van der Waals surface area contributed by atoms with E-state index in [1.807, 2.05) is 12.1 Å². The molecule has 1 aliphatic rings. The van der Waals surface area contributed by atoms with Crippen molar-refractivity contribution in [2.24, 2.45) is 11.5 Å². The third kappa shape index (κ3) is 2.31. The van der Waals surface area contributed by atoms with Gasteiger partial charge in [0.15, 0.2) is 0 Å². The van der Waals surface area contributed by atoms with E-state index in [4.69, 9.17) is 11.5 Å². The van der Waals surface area contributed by atoms with Crippen molar-refractivity contribution in [3.8, 4) is 0 Å². The smallest absolute Gasteiger partial charge is 0.248 e. The van der Waals surface area contributed by atoms with Crippen molar-refractivity contribution in [2.45, 2.75) is 25.3 Å². The van der Waals surface area contributed by atoms with Crippen LogP contribution in [0.3, 0.4) is 0 Å². The minimum Gasteiger partial charge on any atom is -0.366 e. The first-order valence-corrected chi connectivity index (χ1v) is 5.51. The molecule has 0 heterocycles. The van der Waals surface area contributed by atoms with Gasteiger partial charge in [-0.1, -0.05) is 18.2 Å². The molecule has 1 amide bonds. The predicted molar refractivity (Wildman–Crippen MR) is 64.8 cm³/mol. The molecule has 0 radical (unpaired) electrons. The van der Waals surface area contributed by atoms with Crippen LogP contribution in [-0.4, -0.2) is 11.9 Å². The summed E-state index contributed by atoms with van der Waals surface area (Å²) in [5.41, 5.74) is 14.1. The molecule has 3 nitrogen and oxygen atoms in total. The van der Waals surface area contributed by atoms with Gasteiger partial charge >= 0.3 is 0 Å². The van der Waals surface area contributed by atoms with Crippen LogP contribution in [0, 0.1) is 0 Å². The van der Waals surface area contributed by atoms with Gasteiger partial charge in [-0.2, -0.15) is 0 Å². The highest BCUT2D eigenvalue weighted by molar-refractivity contribution is 5.93. The SMILES string of the molecule is NC(=O)c1ccc(C2=CCC(N)CC2)cc1. The summed E-state index contributed by atoms with van der Waals surface area (Å²) in [7, 11) is 0. The third-order valence-electron chi connectivity index (χ3n) is 2.99. The molecule has 1 aromatic carbocycles. The van der Waals surface area contributed by atoms with E-state index in [2.05, 4.69) is 6.08 Å². The first-order valence-electron chi connectivity index (χ1n) is 5.51. The molecule has 1 atom stereocenters. The maximum absolute atomic E-state index is 10.9. The molecular weight excluding hydrogens is 200 g/mol. The normalized spacial score (nSPS) is 20.3. The van der Waals surface area contributed by atoms with E-state index < -0.39 is 0 Å². The van der Waals surface area contributed by atoms with Crippen molar-refractivity contribution >= 4 is 11.5 Å². The van der Waals surface area contributed by atoms with Crippen LogP contribution in [0.1, 0.15) is 35.2 Å². The second kappa shape index (κ2) is 4.49. The lowest BCUT2D eigenvalue weighted by molar-refractivity contribution is 0.100. The van der Waals surface area contributed by atoms with Crippen molar-refractivity contribution in [3.05, 3.63) is 41.5 Å². The van der Waals surface area contributed by atoms with Crippen LogP contribution in [0.2, 0.25) is 0 Å². The summed E-state index contributed by atoms with van der Waals surface area (Å²) in [4.78, 5) is 10.9. The molecule has 16 heavy (non-hydrogen) atoms. The Hall–Kier alpha value is -1.61. The molecule has 1 aromatic rings. The molecule has 0 saturated heterocycles. The van der Waals surface area contributed by atoms with Crippen molar-refractivity contribution in [1.29, 1.82) is 0 Å². The minimum absolute atomic E-state index is 0.300. The molecule has 0 spiro atoms. The van der Waals surface area contributed by atoms with Crippen LogP contribution in [0.15, 0.2) is 30.3 Å². The molecule has 0 bridgehead atoms. The molecule has 0 aromatic heterocycles. The zero-order valence-corrected chi connectivity index (χ0v) is 9.15. The quantitative estimate of drug-likeness (QED) is 0.789. The zero-order chi connectivity index (χ0) is 11.5. The topological polar surface area (TPSA) is 69.1 Å². The van der Waals surface area contributed by atoms with Crippen molar-refractivity contribution in [3.63, 3.8) is 0 Å². The van der Waals surface area contributed by atoms with Gasteiger partial charge in [-0.3, -0.25) is 4.79 Å². The largest absolute Gasteiger partial charge is 0.366 e. The molecule has 1 unspecified atom stereocenters. The fourth-order valence-corrected chi connectivity index (χ4v) is 1.97. The zero-order valence-electron chi connectivity index (χ0n) is 9.15. The summed E-state index contributed by atoms with van der Waals surface area (Å²) in [6.07, 6.45) is 5.17. The Balaban J connectivity index is 2.19. The van der Waals surface area contributed by atoms with Crippen LogP contribution in [-0.2, 0) is 0 Å². The Morgan fingerprint density at radius 3 is 2.44 bits per heavy atom. The molecule has 0 saturated carbocycles. The highest BCUT2D eigenvalue weighted by atomic mass is 16.1. The monoisotopic (exact) mass is 216 g/mol. The second-order valence-corrected chi connectivity index (χ2v) is 4.21. The average molecular weight is 216 g/mol. The summed E-state index contributed by atoms with van der Waals surface area (Å²) in [5, 5.41) is 0. The number of hydrogen-bond acceptors (Lipinski definition) is 2. The fraction of sp³-hybridized carbons (Fsp3) is 0.308. The van der Waals surface area contributed by atoms with Gasteiger partial charge in [0.25, 0.3) is 0 Å². The molecule has 1 aliphatic carbocycles. The first kappa shape index (κ1) is 10.9. The number of amides is 1. The van der Waals surface area contributed by atoms with Gasteiger partial charge in [-0.05, 0) is 42.5 Å². The molecular formula is C13H16N2O. The fourth-order valence-electron chi connectivity index (χ4n) is 1.97. The predicted octanol–water partition coefficient (Wildman–Crippen LogP) is 1.68. The Kier molecular flexibility index (Phi) is 3.06. The number of benzene rings is 1. The van der Waals surface area contributed by atoms with E-state index in [1.165, 1.54) is 5.57 Å². The molecule has 0 fully saturated rings. The average Bonchev–Trinajstić information content (AvgIpc) is 2.30. The Morgan fingerprint density at radius 1 is 1.25 bits per heavy atom. The molecule has 84 valence electrons. The van der Waals surface area contributed by atoms with E-state index in [0.29, 0.717) is 11.6 Å². The van der Waals surface area contributed by atoms with E-state index in [0.717, 1.165) is 24.8 Å². The summed E-state index contributed by atoms with van der Waals surface area (Å²) in [6, 6.07) is 7.74. The van der Waals surface area contributed by atoms with E-state index in [9.17, 15) is 4.79 Å². The summed E-state index contributed by atoms with van der Waals surface area (Å²) in [5.74, 6) is -0.383. The maximum atomic E-state index is 10.9. The van der Waals surface area contributed by atoms with Crippen molar-refractivity contribution in [1.82, 2.24) is 0 Å². The van der Waals surface area contributed by atoms with Gasteiger partial charge in [0.05, 0.1) is 0 Å². The molecule has 2 rings (SSSR count). The van der Waals surface area contributed by atoms with Gasteiger partial charge in [0.1, 0.15) is 0 Å². The van der Waals surface area contributed by atoms with Crippen LogP contribution in [0.5, 0.6) is 0 Å². The van der Waals surface area contributed by atoms with Crippen LogP contribution < -0.4 is 11.5 Å². The summed E-state index contributed by atoms with van der Waals surface area (Å²) in [6.45, 7) is 0. The van der Waals surface area contributed by atoms with Gasteiger partial charge in [-0.25, -0.2) is 0 Å². The van der Waals surface area contributed by atoms with Gasteiger partial charge in [0, 0.05) is 11.6 Å². The summed E-state index contributed by atoms with van der Waals surface area (Å²) >= 11 is 0. The molecule has 4 N–H and O–H groups in total. The number of nitrogens with two attached hydrogens (primary N) is 2. The Bertz CT molecular complexity index is 420. The number of primary amides is 1. The van der Waals surface area contributed by atoms with Crippen LogP contribution >= 0.6 is 0 Å².